The molecule has 0 heterocycles. The SMILES string of the molecule is CCCCC[Si](C)(CCCCC)CCC[Si](CCC[Si](C)(CCCCC)CCCCC)(CCC[Si](C)(CCCCC)CCCCC)CCC[Si](C)(CCCCC)CCCCC. The molecule has 368 valence electrons. The maximum atomic E-state index is 2.90. The summed E-state index contributed by atoms with van der Waals surface area (Å²) in [4.78, 5) is 0. The zero-order valence-corrected chi connectivity index (χ0v) is 50.6. The van der Waals surface area contributed by atoms with Gasteiger partial charge in [0.1, 0.15) is 0 Å². The normalized spacial score (nSPS) is 13.2. The predicted molar refractivity (Wildman–Crippen MR) is 304 cm³/mol. The monoisotopic (exact) mass is 937 g/mol. The van der Waals surface area contributed by atoms with Gasteiger partial charge in [-0.1, -0.05) is 358 Å². The highest BCUT2D eigenvalue weighted by molar-refractivity contribution is 6.83. The molecule has 0 aliphatic rings. The second-order valence-corrected chi connectivity index (χ2v) is 49.3. The Kier molecular flexibility index (Phi) is 39.8. The third-order valence-electron chi connectivity index (χ3n) is 17.0. The number of hydrogen-bond donors (Lipinski definition) is 0. The molecule has 0 N–H and O–H groups in total. The largest absolute Gasteiger partial charge is 0.0691 e. The fraction of sp³-hybridized carbons (Fsp3) is 1.00. The highest BCUT2D eigenvalue weighted by atomic mass is 28.3. The van der Waals surface area contributed by atoms with Crippen LogP contribution >= 0.6 is 0 Å². The first kappa shape index (κ1) is 62.1. The Bertz CT molecular complexity index is 744. The average Bonchev–Trinajstić information content (AvgIpc) is 3.22. The van der Waals surface area contributed by atoms with Crippen molar-refractivity contribution in [2.24, 2.45) is 0 Å². The third kappa shape index (κ3) is 32.4. The fourth-order valence-electron chi connectivity index (χ4n) is 12.2. The number of rotatable bonds is 48. The van der Waals surface area contributed by atoms with E-state index in [0.29, 0.717) is 0 Å². The second-order valence-electron chi connectivity index (χ2n) is 23.8. The molecule has 0 nitrogen and oxygen atoms in total. The molecule has 0 amide bonds. The maximum absolute atomic E-state index is 2.90. The van der Waals surface area contributed by atoms with Crippen molar-refractivity contribution in [2.75, 3.05) is 0 Å². The molecule has 0 saturated carbocycles. The molecule has 0 aromatic rings. The van der Waals surface area contributed by atoms with E-state index < -0.39 is 40.4 Å². The summed E-state index contributed by atoms with van der Waals surface area (Å²) >= 11 is 0. The van der Waals surface area contributed by atoms with Crippen molar-refractivity contribution in [3.05, 3.63) is 0 Å². The van der Waals surface area contributed by atoms with E-state index in [2.05, 4.69) is 81.6 Å². The molecular formula is C56H124Si5. The standard InChI is InChI=1S/C56H124Si5/c1-13-21-29-41-57(9,42-30-22-14-2)49-37-53-61(54-38-50-58(10,43-31-23-15-3)44-32-24-16-4,55-39-51-59(11,45-33-25-17-5)46-34-26-18-6)56-40-52-60(12,47-35-27-19-7)48-36-28-20-8/h13-56H2,1-12H3. The van der Waals surface area contributed by atoms with Crippen LogP contribution in [0.25, 0.3) is 0 Å². The van der Waals surface area contributed by atoms with Crippen LogP contribution in [0.3, 0.4) is 0 Å². The number of hydrogen-bond acceptors (Lipinski definition) is 0. The second kappa shape index (κ2) is 39.1. The van der Waals surface area contributed by atoms with Crippen LogP contribution in [0.2, 0.25) is 123 Å². The Hall–Kier alpha value is 1.08. The third-order valence-corrected chi connectivity index (χ3v) is 41.4. The zero-order chi connectivity index (χ0) is 45.6. The Labute approximate surface area is 396 Å². The molecule has 0 saturated heterocycles. The van der Waals surface area contributed by atoms with Crippen LogP contribution in [0.5, 0.6) is 0 Å². The summed E-state index contributed by atoms with van der Waals surface area (Å²) in [7, 11) is -6.12. The van der Waals surface area contributed by atoms with Crippen LogP contribution in [0, 0.1) is 0 Å². The molecule has 0 unspecified atom stereocenters. The highest BCUT2D eigenvalue weighted by Crippen LogP contribution is 2.41. The van der Waals surface area contributed by atoms with Crippen LogP contribution in [-0.2, 0) is 0 Å². The van der Waals surface area contributed by atoms with E-state index in [1.54, 1.807) is 122 Å². The van der Waals surface area contributed by atoms with Crippen molar-refractivity contribution < 1.29 is 0 Å². The van der Waals surface area contributed by atoms with Gasteiger partial charge >= 0.3 is 0 Å². The lowest BCUT2D eigenvalue weighted by atomic mass is 10.3. The van der Waals surface area contributed by atoms with Gasteiger partial charge in [-0.2, -0.15) is 0 Å². The molecule has 0 aromatic heterocycles. The smallest absolute Gasteiger partial charge is 0.0535 e. The zero-order valence-electron chi connectivity index (χ0n) is 45.6. The van der Waals surface area contributed by atoms with Gasteiger partial charge in [0.25, 0.3) is 0 Å². The molecule has 0 atom stereocenters. The van der Waals surface area contributed by atoms with Gasteiger partial charge < -0.3 is 0 Å². The van der Waals surface area contributed by atoms with E-state index in [1.165, 1.54) is 154 Å². The Morgan fingerprint density at radius 3 is 0.426 bits per heavy atom. The van der Waals surface area contributed by atoms with E-state index in [9.17, 15) is 0 Å². The lowest BCUT2D eigenvalue weighted by molar-refractivity contribution is 0.728. The summed E-state index contributed by atoms with van der Waals surface area (Å²) in [5.74, 6) is 0. The summed E-state index contributed by atoms with van der Waals surface area (Å²) in [5.41, 5.74) is 0. The molecule has 5 heteroatoms. The van der Waals surface area contributed by atoms with Crippen molar-refractivity contribution in [3.8, 4) is 0 Å². The molecule has 0 aromatic carbocycles. The summed E-state index contributed by atoms with van der Waals surface area (Å²) in [6.45, 7) is 31.1. The van der Waals surface area contributed by atoms with Crippen LogP contribution < -0.4 is 0 Å². The van der Waals surface area contributed by atoms with Crippen LogP contribution in [0.4, 0.5) is 0 Å². The van der Waals surface area contributed by atoms with Gasteiger partial charge in [0, 0.05) is 0 Å². The molecule has 0 bridgehead atoms. The van der Waals surface area contributed by atoms with E-state index >= 15 is 0 Å². The molecule has 0 aliphatic heterocycles. The molecule has 61 heavy (non-hydrogen) atoms. The summed E-state index contributed by atoms with van der Waals surface area (Å²) in [6, 6.07) is 26.7. The Morgan fingerprint density at radius 1 is 0.164 bits per heavy atom. The first-order chi connectivity index (χ1) is 29.3. The van der Waals surface area contributed by atoms with Crippen LogP contribution in [-0.4, -0.2) is 40.4 Å². The van der Waals surface area contributed by atoms with Gasteiger partial charge in [0.2, 0.25) is 0 Å². The Balaban J connectivity index is 6.87. The lowest BCUT2D eigenvalue weighted by Gasteiger charge is -2.38. The Morgan fingerprint density at radius 2 is 0.295 bits per heavy atom. The highest BCUT2D eigenvalue weighted by Gasteiger charge is 2.37. The van der Waals surface area contributed by atoms with Gasteiger partial charge in [-0.15, -0.1) is 0 Å². The minimum atomic E-state index is -1.41. The summed E-state index contributed by atoms with van der Waals surface area (Å²) < 4.78 is 0. The van der Waals surface area contributed by atoms with Crippen molar-refractivity contribution in [1.82, 2.24) is 0 Å². The average molecular weight is 938 g/mol. The van der Waals surface area contributed by atoms with Crippen molar-refractivity contribution in [1.29, 1.82) is 0 Å². The topological polar surface area (TPSA) is 0 Å². The lowest BCUT2D eigenvalue weighted by Crippen LogP contribution is -2.39. The first-order valence-electron chi connectivity index (χ1n) is 29.3. The maximum Gasteiger partial charge on any atom is 0.0535 e. The van der Waals surface area contributed by atoms with Gasteiger partial charge in [0.15, 0.2) is 0 Å². The molecule has 0 aliphatic carbocycles. The van der Waals surface area contributed by atoms with Crippen LogP contribution in [0.15, 0.2) is 0 Å². The van der Waals surface area contributed by atoms with E-state index in [1.807, 2.05) is 0 Å². The van der Waals surface area contributed by atoms with Gasteiger partial charge in [0.05, 0.1) is 40.4 Å². The number of unbranched alkanes of at least 4 members (excludes halogenated alkanes) is 16. The summed E-state index contributed by atoms with van der Waals surface area (Å²) in [6.07, 6.45) is 41.8. The first-order valence-corrected chi connectivity index (χ1v) is 44.6. The van der Waals surface area contributed by atoms with Gasteiger partial charge in [-0.25, -0.2) is 0 Å². The summed E-state index contributed by atoms with van der Waals surface area (Å²) in [5, 5.41) is 0. The van der Waals surface area contributed by atoms with Crippen molar-refractivity contribution >= 4 is 40.4 Å². The van der Waals surface area contributed by atoms with Gasteiger partial charge in [-0.3, -0.25) is 0 Å². The molecule has 0 radical (unpaired) electrons. The quantitative estimate of drug-likeness (QED) is 0.0421. The van der Waals surface area contributed by atoms with Crippen molar-refractivity contribution in [3.63, 3.8) is 0 Å². The molecule has 0 rings (SSSR count). The van der Waals surface area contributed by atoms with Gasteiger partial charge in [-0.05, 0) is 0 Å². The predicted octanol–water partition coefficient (Wildman–Crippen LogP) is 22.8. The molecular weight excluding hydrogens is 813 g/mol. The van der Waals surface area contributed by atoms with E-state index in [0.717, 1.165) is 0 Å². The fourth-order valence-corrected chi connectivity index (χ4v) is 34.8. The molecule has 0 fully saturated rings. The van der Waals surface area contributed by atoms with Crippen LogP contribution in [0.1, 0.15) is 235 Å². The minimum absolute atomic E-state index is 1.18. The van der Waals surface area contributed by atoms with E-state index in [-0.39, 0.29) is 0 Å². The van der Waals surface area contributed by atoms with E-state index in [4.69, 9.17) is 0 Å². The van der Waals surface area contributed by atoms with Crippen molar-refractivity contribution in [2.45, 2.75) is 358 Å². The molecule has 0 spiro atoms. The minimum Gasteiger partial charge on any atom is -0.0691 e.